The lowest BCUT2D eigenvalue weighted by atomic mass is 9.98. The molecule has 10 heavy (non-hydrogen) atoms. The maximum Gasteiger partial charge on any atom is 0.162 e. The van der Waals surface area contributed by atoms with E-state index in [1.54, 1.807) is 0 Å². The number of hydrogen-bond acceptors (Lipinski definition) is 1. The Morgan fingerprint density at radius 3 is 3.00 bits per heavy atom. The molecule has 0 amide bonds. The minimum absolute atomic E-state index is 0.296. The molecule has 0 radical (unpaired) electrons. The first kappa shape index (κ1) is 7.26. The molecule has 1 aliphatic carbocycles. The van der Waals surface area contributed by atoms with Crippen molar-refractivity contribution in [1.29, 1.82) is 0 Å². The van der Waals surface area contributed by atoms with E-state index in [1.165, 1.54) is 0 Å². The Bertz CT molecular complexity index is 187. The van der Waals surface area contributed by atoms with E-state index in [0.29, 0.717) is 5.78 Å². The molecule has 0 saturated heterocycles. The summed E-state index contributed by atoms with van der Waals surface area (Å²) >= 11 is 0. The van der Waals surface area contributed by atoms with Gasteiger partial charge in [-0.05, 0) is 19.8 Å². The molecule has 0 spiro atoms. The van der Waals surface area contributed by atoms with Crippen molar-refractivity contribution in [2.45, 2.75) is 26.2 Å². The molecule has 0 bridgehead atoms. The molecule has 0 aromatic rings. The lowest BCUT2D eigenvalue weighted by molar-refractivity contribution is -0.115. The van der Waals surface area contributed by atoms with Gasteiger partial charge in [0.25, 0.3) is 0 Å². The van der Waals surface area contributed by atoms with Gasteiger partial charge in [-0.25, -0.2) is 0 Å². The van der Waals surface area contributed by atoms with Crippen LogP contribution in [-0.2, 0) is 4.79 Å². The van der Waals surface area contributed by atoms with Gasteiger partial charge in [0.1, 0.15) is 0 Å². The van der Waals surface area contributed by atoms with E-state index in [1.807, 2.05) is 25.2 Å². The van der Waals surface area contributed by atoms with Gasteiger partial charge < -0.3 is 0 Å². The third kappa shape index (κ3) is 1.56. The van der Waals surface area contributed by atoms with Crippen LogP contribution < -0.4 is 0 Å². The molecular formula is C9H12O. The summed E-state index contributed by atoms with van der Waals surface area (Å²) in [5.74, 6) is 0.296. The van der Waals surface area contributed by atoms with Gasteiger partial charge in [-0.3, -0.25) is 4.79 Å². The van der Waals surface area contributed by atoms with Gasteiger partial charge in [0.05, 0.1) is 0 Å². The van der Waals surface area contributed by atoms with Gasteiger partial charge in [-0.1, -0.05) is 18.2 Å². The van der Waals surface area contributed by atoms with Crippen molar-refractivity contribution < 1.29 is 4.79 Å². The summed E-state index contributed by atoms with van der Waals surface area (Å²) in [5, 5.41) is 0. The van der Waals surface area contributed by atoms with Crippen molar-refractivity contribution in [3.63, 3.8) is 0 Å². The molecule has 0 aliphatic heterocycles. The number of carbonyl (C=O) groups excluding carboxylic acids is 1. The Labute approximate surface area is 61.4 Å². The van der Waals surface area contributed by atoms with E-state index < -0.39 is 0 Å². The number of allylic oxidation sites excluding steroid dienone is 4. The average molecular weight is 136 g/mol. The monoisotopic (exact) mass is 136 g/mol. The van der Waals surface area contributed by atoms with E-state index >= 15 is 0 Å². The SMILES string of the molecule is C/C=C\C1=CCCCC1=O. The zero-order chi connectivity index (χ0) is 7.40. The standard InChI is InChI=1S/C9H12O/c1-2-5-8-6-3-4-7-9(8)10/h2,5-6H,3-4,7H2,1H3/b5-2-. The molecule has 1 heteroatoms. The average Bonchev–Trinajstić information content (AvgIpc) is 1.94. The van der Waals surface area contributed by atoms with Crippen molar-refractivity contribution >= 4 is 5.78 Å². The van der Waals surface area contributed by atoms with E-state index in [9.17, 15) is 4.79 Å². The van der Waals surface area contributed by atoms with Crippen LogP contribution in [0.1, 0.15) is 26.2 Å². The van der Waals surface area contributed by atoms with Crippen LogP contribution in [0, 0.1) is 0 Å². The van der Waals surface area contributed by atoms with Crippen LogP contribution in [0.3, 0.4) is 0 Å². The van der Waals surface area contributed by atoms with Crippen LogP contribution in [-0.4, -0.2) is 5.78 Å². The Balaban J connectivity index is 2.71. The maximum atomic E-state index is 11.1. The van der Waals surface area contributed by atoms with Gasteiger partial charge in [-0.2, -0.15) is 0 Å². The molecule has 0 aromatic carbocycles. The molecule has 0 unspecified atom stereocenters. The summed E-state index contributed by atoms with van der Waals surface area (Å²) in [4.78, 5) is 11.1. The van der Waals surface area contributed by atoms with Gasteiger partial charge in [0, 0.05) is 12.0 Å². The number of ketones is 1. The van der Waals surface area contributed by atoms with E-state index in [0.717, 1.165) is 24.8 Å². The second kappa shape index (κ2) is 3.35. The number of hydrogen-bond donors (Lipinski definition) is 0. The fourth-order valence-corrected chi connectivity index (χ4v) is 1.12. The van der Waals surface area contributed by atoms with Crippen LogP contribution in [0.5, 0.6) is 0 Å². The lowest BCUT2D eigenvalue weighted by Gasteiger charge is -2.06. The molecule has 1 nitrogen and oxygen atoms in total. The second-order valence-electron chi connectivity index (χ2n) is 2.47. The first-order chi connectivity index (χ1) is 4.84. The fraction of sp³-hybridized carbons (Fsp3) is 0.444. The molecule has 0 saturated carbocycles. The molecule has 0 atom stereocenters. The molecule has 54 valence electrons. The normalized spacial score (nSPS) is 19.7. The first-order valence-electron chi connectivity index (χ1n) is 3.70. The minimum atomic E-state index is 0.296. The summed E-state index contributed by atoms with van der Waals surface area (Å²) in [6.07, 6.45) is 8.64. The van der Waals surface area contributed by atoms with Crippen molar-refractivity contribution in [3.05, 3.63) is 23.8 Å². The van der Waals surface area contributed by atoms with E-state index in [-0.39, 0.29) is 0 Å². The topological polar surface area (TPSA) is 17.1 Å². The highest BCUT2D eigenvalue weighted by atomic mass is 16.1. The zero-order valence-corrected chi connectivity index (χ0v) is 6.26. The molecule has 1 rings (SSSR count). The Morgan fingerprint density at radius 1 is 1.60 bits per heavy atom. The molecule has 0 N–H and O–H groups in total. The number of carbonyl (C=O) groups is 1. The highest BCUT2D eigenvalue weighted by Crippen LogP contribution is 2.14. The smallest absolute Gasteiger partial charge is 0.162 e. The highest BCUT2D eigenvalue weighted by Gasteiger charge is 2.09. The van der Waals surface area contributed by atoms with Gasteiger partial charge in [-0.15, -0.1) is 0 Å². The third-order valence-corrected chi connectivity index (χ3v) is 1.64. The predicted molar refractivity (Wildman–Crippen MR) is 41.8 cm³/mol. The van der Waals surface area contributed by atoms with Crippen molar-refractivity contribution in [2.24, 2.45) is 0 Å². The molecule has 0 heterocycles. The van der Waals surface area contributed by atoms with Crippen LogP contribution >= 0.6 is 0 Å². The van der Waals surface area contributed by atoms with Crippen LogP contribution in [0.15, 0.2) is 23.8 Å². The van der Waals surface area contributed by atoms with Crippen molar-refractivity contribution in [2.75, 3.05) is 0 Å². The second-order valence-corrected chi connectivity index (χ2v) is 2.47. The summed E-state index contributed by atoms with van der Waals surface area (Å²) < 4.78 is 0. The molecule has 0 aromatic heterocycles. The predicted octanol–water partition coefficient (Wildman–Crippen LogP) is 2.24. The quantitative estimate of drug-likeness (QED) is 0.540. The summed E-state index contributed by atoms with van der Waals surface area (Å²) in [5.41, 5.74) is 0.897. The summed E-state index contributed by atoms with van der Waals surface area (Å²) in [6, 6.07) is 0. The van der Waals surface area contributed by atoms with Crippen molar-refractivity contribution in [3.8, 4) is 0 Å². The number of rotatable bonds is 1. The summed E-state index contributed by atoms with van der Waals surface area (Å²) in [7, 11) is 0. The fourth-order valence-electron chi connectivity index (χ4n) is 1.12. The molecule has 1 aliphatic rings. The van der Waals surface area contributed by atoms with Crippen LogP contribution in [0.25, 0.3) is 0 Å². The minimum Gasteiger partial charge on any atom is -0.294 e. The third-order valence-electron chi connectivity index (χ3n) is 1.64. The largest absolute Gasteiger partial charge is 0.294 e. The molecule has 0 fully saturated rings. The maximum absolute atomic E-state index is 11.1. The van der Waals surface area contributed by atoms with Gasteiger partial charge >= 0.3 is 0 Å². The van der Waals surface area contributed by atoms with E-state index in [4.69, 9.17) is 0 Å². The Morgan fingerprint density at radius 2 is 2.40 bits per heavy atom. The lowest BCUT2D eigenvalue weighted by Crippen LogP contribution is -2.04. The van der Waals surface area contributed by atoms with Crippen LogP contribution in [0.2, 0.25) is 0 Å². The molecular weight excluding hydrogens is 124 g/mol. The zero-order valence-electron chi connectivity index (χ0n) is 6.26. The Hall–Kier alpha value is -0.850. The van der Waals surface area contributed by atoms with E-state index in [2.05, 4.69) is 0 Å². The van der Waals surface area contributed by atoms with Crippen LogP contribution in [0.4, 0.5) is 0 Å². The first-order valence-corrected chi connectivity index (χ1v) is 3.70. The summed E-state index contributed by atoms with van der Waals surface area (Å²) in [6.45, 7) is 1.93. The number of Topliss-reactive ketones (excluding diaryl/α,β-unsaturated/α-hetero) is 1. The van der Waals surface area contributed by atoms with Gasteiger partial charge in [0.2, 0.25) is 0 Å². The van der Waals surface area contributed by atoms with Crippen molar-refractivity contribution in [1.82, 2.24) is 0 Å². The van der Waals surface area contributed by atoms with Gasteiger partial charge in [0.15, 0.2) is 5.78 Å². The highest BCUT2D eigenvalue weighted by molar-refractivity contribution is 5.98. The Kier molecular flexibility index (Phi) is 2.43.